The molecule has 0 radical (unpaired) electrons. The lowest BCUT2D eigenvalue weighted by Gasteiger charge is -2.12. The molecular formula is C11H17N3O3. The van der Waals surface area contributed by atoms with Crippen molar-refractivity contribution in [2.24, 2.45) is 0 Å². The van der Waals surface area contributed by atoms with Gasteiger partial charge < -0.3 is 15.4 Å². The van der Waals surface area contributed by atoms with Crippen molar-refractivity contribution in [3.8, 4) is 0 Å². The van der Waals surface area contributed by atoms with Crippen LogP contribution in [0.4, 0.5) is 0 Å². The van der Waals surface area contributed by atoms with Gasteiger partial charge in [0, 0.05) is 37.2 Å². The Labute approximate surface area is 99.4 Å². The number of nitrogens with one attached hydrogen (secondary N) is 2. The zero-order valence-corrected chi connectivity index (χ0v) is 9.77. The lowest BCUT2D eigenvalue weighted by Crippen LogP contribution is -2.34. The van der Waals surface area contributed by atoms with Gasteiger partial charge in [-0.1, -0.05) is 0 Å². The molecule has 0 saturated heterocycles. The second kappa shape index (κ2) is 6.67. The van der Waals surface area contributed by atoms with Gasteiger partial charge in [-0.15, -0.1) is 0 Å². The van der Waals surface area contributed by atoms with Gasteiger partial charge in [-0.05, 0) is 13.3 Å². The summed E-state index contributed by atoms with van der Waals surface area (Å²) in [7, 11) is 0. The molecule has 3 N–H and O–H groups in total. The number of amides is 1. The summed E-state index contributed by atoms with van der Waals surface area (Å²) in [5, 5.41) is 11.2. The van der Waals surface area contributed by atoms with Gasteiger partial charge in [-0.3, -0.25) is 9.59 Å². The first-order valence-corrected chi connectivity index (χ1v) is 5.56. The number of carbonyl (C=O) groups is 2. The fourth-order valence-electron chi connectivity index (χ4n) is 1.52. The summed E-state index contributed by atoms with van der Waals surface area (Å²) >= 11 is 0. The Bertz CT molecular complexity index is 362. The van der Waals surface area contributed by atoms with Gasteiger partial charge in [0.05, 0.1) is 6.33 Å². The van der Waals surface area contributed by atoms with E-state index in [2.05, 4.69) is 15.3 Å². The van der Waals surface area contributed by atoms with Crippen molar-refractivity contribution in [1.82, 2.24) is 15.3 Å². The quantitative estimate of drug-likeness (QED) is 0.653. The first-order valence-electron chi connectivity index (χ1n) is 5.56. The van der Waals surface area contributed by atoms with Crippen LogP contribution < -0.4 is 5.32 Å². The molecule has 17 heavy (non-hydrogen) atoms. The third kappa shape index (κ3) is 5.70. The van der Waals surface area contributed by atoms with Crippen LogP contribution in [0.1, 0.15) is 31.9 Å². The molecule has 1 amide bonds. The number of imidazole rings is 1. The molecular weight excluding hydrogens is 222 g/mol. The Balaban J connectivity index is 2.19. The maximum Gasteiger partial charge on any atom is 0.303 e. The zero-order chi connectivity index (χ0) is 12.7. The summed E-state index contributed by atoms with van der Waals surface area (Å²) < 4.78 is 0. The Morgan fingerprint density at radius 3 is 2.88 bits per heavy atom. The van der Waals surface area contributed by atoms with Crippen LogP contribution in [0.3, 0.4) is 0 Å². The molecule has 94 valence electrons. The highest BCUT2D eigenvalue weighted by Gasteiger charge is 2.09. The van der Waals surface area contributed by atoms with Gasteiger partial charge in [-0.2, -0.15) is 0 Å². The number of nitrogens with zero attached hydrogens (tertiary/aromatic N) is 1. The number of aromatic amines is 1. The number of hydrogen-bond acceptors (Lipinski definition) is 3. The average molecular weight is 239 g/mol. The van der Waals surface area contributed by atoms with Crippen LogP contribution in [-0.4, -0.2) is 33.0 Å². The monoisotopic (exact) mass is 239 g/mol. The van der Waals surface area contributed by atoms with Crippen LogP contribution in [0.2, 0.25) is 0 Å². The Morgan fingerprint density at radius 2 is 2.29 bits per heavy atom. The fourth-order valence-corrected chi connectivity index (χ4v) is 1.52. The van der Waals surface area contributed by atoms with Gasteiger partial charge in [0.15, 0.2) is 0 Å². The van der Waals surface area contributed by atoms with E-state index in [4.69, 9.17) is 5.11 Å². The second-order valence-corrected chi connectivity index (χ2v) is 4.00. The average Bonchev–Trinajstić information content (AvgIpc) is 2.69. The Morgan fingerprint density at radius 1 is 1.53 bits per heavy atom. The number of H-pyrrole nitrogens is 1. The SMILES string of the molecule is CC(Cc1cnc[nH]1)NC(=O)CCCC(=O)O. The highest BCUT2D eigenvalue weighted by Crippen LogP contribution is 2.00. The lowest BCUT2D eigenvalue weighted by molar-refractivity contribution is -0.137. The van der Waals surface area contributed by atoms with Crippen LogP contribution in [0.15, 0.2) is 12.5 Å². The van der Waals surface area contributed by atoms with E-state index >= 15 is 0 Å². The van der Waals surface area contributed by atoms with E-state index in [1.54, 1.807) is 12.5 Å². The standard InChI is InChI=1S/C11H17N3O3/c1-8(5-9-6-12-7-13-9)14-10(15)3-2-4-11(16)17/h6-8H,2-5H2,1H3,(H,12,13)(H,14,15)(H,16,17). The van der Waals surface area contributed by atoms with E-state index in [-0.39, 0.29) is 24.8 Å². The van der Waals surface area contributed by atoms with Crippen LogP contribution in [-0.2, 0) is 16.0 Å². The molecule has 6 heteroatoms. The molecule has 6 nitrogen and oxygen atoms in total. The minimum atomic E-state index is -0.872. The van der Waals surface area contributed by atoms with Crippen molar-refractivity contribution >= 4 is 11.9 Å². The number of carboxylic acids is 1. The predicted octanol–water partition coefficient (Wildman–Crippen LogP) is 0.712. The van der Waals surface area contributed by atoms with Crippen LogP contribution in [0.25, 0.3) is 0 Å². The Kier molecular flexibility index (Phi) is 5.19. The molecule has 0 fully saturated rings. The molecule has 1 aromatic rings. The summed E-state index contributed by atoms with van der Waals surface area (Å²) in [6.07, 6.45) is 4.65. The van der Waals surface area contributed by atoms with Crippen LogP contribution in [0, 0.1) is 0 Å². The number of carbonyl (C=O) groups excluding carboxylic acids is 1. The summed E-state index contributed by atoms with van der Waals surface area (Å²) in [4.78, 5) is 28.6. The largest absolute Gasteiger partial charge is 0.481 e. The molecule has 1 rings (SSSR count). The third-order valence-electron chi connectivity index (χ3n) is 2.28. The molecule has 0 aliphatic carbocycles. The van der Waals surface area contributed by atoms with Gasteiger partial charge in [0.2, 0.25) is 5.91 Å². The van der Waals surface area contributed by atoms with Crippen molar-refractivity contribution in [3.63, 3.8) is 0 Å². The lowest BCUT2D eigenvalue weighted by atomic mass is 10.1. The molecule has 1 heterocycles. The number of aliphatic carboxylic acids is 1. The van der Waals surface area contributed by atoms with Crippen molar-refractivity contribution < 1.29 is 14.7 Å². The summed E-state index contributed by atoms with van der Waals surface area (Å²) in [5.41, 5.74) is 0.961. The van der Waals surface area contributed by atoms with Gasteiger partial charge in [-0.25, -0.2) is 4.98 Å². The molecule has 0 aliphatic heterocycles. The topological polar surface area (TPSA) is 95.1 Å². The number of carboxylic acid groups (broad SMARTS) is 1. The third-order valence-corrected chi connectivity index (χ3v) is 2.28. The smallest absolute Gasteiger partial charge is 0.303 e. The van der Waals surface area contributed by atoms with E-state index in [1.165, 1.54) is 0 Å². The highest BCUT2D eigenvalue weighted by atomic mass is 16.4. The predicted molar refractivity (Wildman–Crippen MR) is 61.4 cm³/mol. The van der Waals surface area contributed by atoms with Gasteiger partial charge >= 0.3 is 5.97 Å². The first kappa shape index (κ1) is 13.2. The van der Waals surface area contributed by atoms with Crippen molar-refractivity contribution in [2.45, 2.75) is 38.6 Å². The van der Waals surface area contributed by atoms with Gasteiger partial charge in [0.25, 0.3) is 0 Å². The fraction of sp³-hybridized carbons (Fsp3) is 0.545. The molecule has 0 aliphatic rings. The van der Waals surface area contributed by atoms with E-state index in [9.17, 15) is 9.59 Å². The first-order chi connectivity index (χ1) is 8.08. The maximum absolute atomic E-state index is 11.4. The summed E-state index contributed by atoms with van der Waals surface area (Å²) in [6.45, 7) is 1.90. The normalized spacial score (nSPS) is 12.1. The van der Waals surface area contributed by atoms with E-state index in [1.807, 2.05) is 6.92 Å². The molecule has 0 aromatic carbocycles. The maximum atomic E-state index is 11.4. The van der Waals surface area contributed by atoms with Crippen molar-refractivity contribution in [2.75, 3.05) is 0 Å². The van der Waals surface area contributed by atoms with Crippen molar-refractivity contribution in [3.05, 3.63) is 18.2 Å². The minimum absolute atomic E-state index is 0.00720. The zero-order valence-electron chi connectivity index (χ0n) is 9.77. The van der Waals surface area contributed by atoms with E-state index < -0.39 is 5.97 Å². The number of aromatic nitrogens is 2. The van der Waals surface area contributed by atoms with Gasteiger partial charge in [0.1, 0.15) is 0 Å². The van der Waals surface area contributed by atoms with E-state index in [0.29, 0.717) is 12.8 Å². The molecule has 0 spiro atoms. The van der Waals surface area contributed by atoms with E-state index in [0.717, 1.165) is 5.69 Å². The second-order valence-electron chi connectivity index (χ2n) is 4.00. The number of rotatable bonds is 7. The number of hydrogen-bond donors (Lipinski definition) is 3. The van der Waals surface area contributed by atoms with Crippen LogP contribution in [0.5, 0.6) is 0 Å². The summed E-state index contributed by atoms with van der Waals surface area (Å²) in [6, 6.07) is 0.00720. The molecule has 1 unspecified atom stereocenters. The molecule has 0 saturated carbocycles. The molecule has 0 bridgehead atoms. The Hall–Kier alpha value is -1.85. The summed E-state index contributed by atoms with van der Waals surface area (Å²) in [5.74, 6) is -0.985. The molecule has 1 atom stereocenters. The minimum Gasteiger partial charge on any atom is -0.481 e. The highest BCUT2D eigenvalue weighted by molar-refractivity contribution is 5.77. The molecule has 1 aromatic heterocycles. The van der Waals surface area contributed by atoms with Crippen LogP contribution >= 0.6 is 0 Å². The van der Waals surface area contributed by atoms with Crippen molar-refractivity contribution in [1.29, 1.82) is 0 Å².